The molecule has 0 radical (unpaired) electrons. The first-order valence-electron chi connectivity index (χ1n) is 8.95. The summed E-state index contributed by atoms with van der Waals surface area (Å²) in [6.45, 7) is 4.19. The lowest BCUT2D eigenvalue weighted by molar-refractivity contribution is -0.385. The number of rotatable bonds is 5. The second-order valence-corrected chi connectivity index (χ2v) is 7.92. The molecule has 0 saturated carbocycles. The maximum absolute atomic E-state index is 11.6. The average Bonchev–Trinajstić information content (AvgIpc) is 3.14. The summed E-state index contributed by atoms with van der Waals surface area (Å²) >= 11 is 1.29. The lowest BCUT2D eigenvalue weighted by atomic mass is 10.0. The van der Waals surface area contributed by atoms with Crippen molar-refractivity contribution in [1.82, 2.24) is 5.06 Å². The van der Waals surface area contributed by atoms with Crippen LogP contribution < -0.4 is 4.74 Å². The minimum Gasteiger partial charge on any atom is -0.450 e. The number of thioether (sulfide) groups is 1. The molecule has 9 heteroatoms. The van der Waals surface area contributed by atoms with Gasteiger partial charge in [0.25, 0.3) is 0 Å². The summed E-state index contributed by atoms with van der Waals surface area (Å²) in [5, 5.41) is 22.6. The molecule has 0 aromatic heterocycles. The molecule has 148 valence electrons. The molecule has 2 aromatic carbocycles. The van der Waals surface area contributed by atoms with Gasteiger partial charge in [-0.05, 0) is 35.7 Å². The van der Waals surface area contributed by atoms with E-state index in [4.69, 9.17) is 4.74 Å². The zero-order valence-electron chi connectivity index (χ0n) is 15.7. The molecule has 0 amide bonds. The van der Waals surface area contributed by atoms with Gasteiger partial charge in [0.05, 0.1) is 16.8 Å². The van der Waals surface area contributed by atoms with E-state index in [0.29, 0.717) is 28.0 Å². The zero-order chi connectivity index (χ0) is 20.5. The van der Waals surface area contributed by atoms with Gasteiger partial charge in [-0.25, -0.2) is 15.0 Å². The number of aliphatic imine (C=N–C) groups is 2. The Labute approximate surface area is 171 Å². The van der Waals surface area contributed by atoms with E-state index in [1.807, 2.05) is 12.1 Å². The van der Waals surface area contributed by atoms with Crippen molar-refractivity contribution in [3.8, 4) is 11.5 Å². The predicted octanol–water partition coefficient (Wildman–Crippen LogP) is 4.90. The molecule has 2 heterocycles. The Morgan fingerprint density at radius 1 is 1.24 bits per heavy atom. The largest absolute Gasteiger partial charge is 0.450 e. The number of nitro groups is 1. The van der Waals surface area contributed by atoms with Gasteiger partial charge in [0, 0.05) is 11.6 Å². The van der Waals surface area contributed by atoms with Crippen LogP contribution in [-0.4, -0.2) is 31.9 Å². The second-order valence-electron chi connectivity index (χ2n) is 6.85. The number of nitrogens with zero attached hydrogens (tertiary/aromatic N) is 4. The molecule has 0 saturated heterocycles. The van der Waals surface area contributed by atoms with Gasteiger partial charge in [-0.3, -0.25) is 15.3 Å². The van der Waals surface area contributed by atoms with Crippen LogP contribution in [0, 0.1) is 10.1 Å². The zero-order valence-corrected chi connectivity index (χ0v) is 16.5. The van der Waals surface area contributed by atoms with E-state index >= 15 is 0 Å². The van der Waals surface area contributed by atoms with Crippen molar-refractivity contribution < 1.29 is 14.9 Å². The van der Waals surface area contributed by atoms with E-state index in [1.54, 1.807) is 30.5 Å². The van der Waals surface area contributed by atoms with Crippen LogP contribution in [0.2, 0.25) is 0 Å². The quantitative estimate of drug-likeness (QED) is 0.555. The first-order chi connectivity index (χ1) is 13.9. The van der Waals surface area contributed by atoms with Crippen LogP contribution in [0.4, 0.5) is 5.69 Å². The highest BCUT2D eigenvalue weighted by Gasteiger charge is 2.32. The highest BCUT2D eigenvalue weighted by atomic mass is 32.2. The molecule has 0 aliphatic carbocycles. The van der Waals surface area contributed by atoms with Crippen molar-refractivity contribution in [2.75, 3.05) is 0 Å². The van der Waals surface area contributed by atoms with Crippen LogP contribution in [0.5, 0.6) is 11.5 Å². The Morgan fingerprint density at radius 3 is 2.66 bits per heavy atom. The van der Waals surface area contributed by atoms with Gasteiger partial charge >= 0.3 is 5.69 Å². The van der Waals surface area contributed by atoms with E-state index in [9.17, 15) is 15.3 Å². The molecule has 2 aliphatic heterocycles. The first kappa shape index (κ1) is 19.2. The highest BCUT2D eigenvalue weighted by Crippen LogP contribution is 2.39. The SMILES string of the molecule is CC(C)c1ccc(Oc2ccc(C3=NC4=CN=CN(O)C4S3)cc2[N+](=O)[O-])cc1. The lowest BCUT2D eigenvalue weighted by Crippen LogP contribution is -2.29. The van der Waals surface area contributed by atoms with Crippen LogP contribution in [0.1, 0.15) is 30.9 Å². The van der Waals surface area contributed by atoms with E-state index in [0.717, 1.165) is 10.6 Å². The molecule has 4 rings (SSSR count). The summed E-state index contributed by atoms with van der Waals surface area (Å²) in [4.78, 5) is 19.5. The monoisotopic (exact) mass is 410 g/mol. The summed E-state index contributed by atoms with van der Waals surface area (Å²) < 4.78 is 5.77. The van der Waals surface area contributed by atoms with Crippen molar-refractivity contribution in [1.29, 1.82) is 0 Å². The standard InChI is InChI=1S/C20H18N4O4S/c1-12(2)13-3-6-15(7-4-13)28-18-8-5-14(9-17(18)24(26)27)19-22-16-10-21-11-23(25)20(16)29-19/h3-12,20,25H,1-2H3. The number of hydrogen-bond acceptors (Lipinski definition) is 8. The van der Waals surface area contributed by atoms with E-state index < -0.39 is 10.3 Å². The third-order valence-electron chi connectivity index (χ3n) is 4.52. The summed E-state index contributed by atoms with van der Waals surface area (Å²) in [5.41, 5.74) is 2.17. The Kier molecular flexibility index (Phi) is 5.08. The number of nitro benzene ring substituents is 1. The summed E-state index contributed by atoms with van der Waals surface area (Å²) in [6.07, 6.45) is 2.85. The molecule has 29 heavy (non-hydrogen) atoms. The molecular formula is C20H18N4O4S. The molecule has 8 nitrogen and oxygen atoms in total. The van der Waals surface area contributed by atoms with Crippen LogP contribution in [0.25, 0.3) is 0 Å². The summed E-state index contributed by atoms with van der Waals surface area (Å²) in [6, 6.07) is 12.2. The Morgan fingerprint density at radius 2 is 2.00 bits per heavy atom. The fourth-order valence-electron chi connectivity index (χ4n) is 2.95. The molecule has 2 aromatic rings. The Bertz CT molecular complexity index is 1050. The number of hydrogen-bond donors (Lipinski definition) is 1. The van der Waals surface area contributed by atoms with Gasteiger partial charge < -0.3 is 4.74 Å². The molecule has 0 bridgehead atoms. The Balaban J connectivity index is 1.61. The number of ether oxygens (including phenoxy) is 1. The lowest BCUT2D eigenvalue weighted by Gasteiger charge is -2.20. The van der Waals surface area contributed by atoms with Crippen molar-refractivity contribution in [2.45, 2.75) is 25.1 Å². The van der Waals surface area contributed by atoms with E-state index in [1.165, 1.54) is 24.2 Å². The van der Waals surface area contributed by atoms with Gasteiger partial charge in [0.1, 0.15) is 17.1 Å². The van der Waals surface area contributed by atoms with Crippen molar-refractivity contribution in [2.24, 2.45) is 9.98 Å². The summed E-state index contributed by atoms with van der Waals surface area (Å²) in [5.74, 6) is 1.08. The summed E-state index contributed by atoms with van der Waals surface area (Å²) in [7, 11) is 0. The first-order valence-corrected chi connectivity index (χ1v) is 9.83. The maximum atomic E-state index is 11.6. The predicted molar refractivity (Wildman–Crippen MR) is 112 cm³/mol. The average molecular weight is 410 g/mol. The second kappa shape index (κ2) is 7.69. The molecular weight excluding hydrogens is 392 g/mol. The Hall–Kier alpha value is -3.17. The van der Waals surface area contributed by atoms with Gasteiger partial charge in [-0.1, -0.05) is 37.7 Å². The molecule has 0 spiro atoms. The van der Waals surface area contributed by atoms with Crippen LogP contribution >= 0.6 is 11.8 Å². The van der Waals surface area contributed by atoms with E-state index in [-0.39, 0.29) is 11.4 Å². The third kappa shape index (κ3) is 3.87. The fraction of sp³-hybridized carbons (Fsp3) is 0.200. The number of hydroxylamine groups is 2. The normalized spacial score (nSPS) is 17.8. The van der Waals surface area contributed by atoms with Crippen LogP contribution in [0.15, 0.2) is 64.3 Å². The third-order valence-corrected chi connectivity index (χ3v) is 5.75. The van der Waals surface area contributed by atoms with Crippen LogP contribution in [-0.2, 0) is 0 Å². The van der Waals surface area contributed by atoms with Gasteiger partial charge in [-0.15, -0.1) is 0 Å². The topological polar surface area (TPSA) is 101 Å². The van der Waals surface area contributed by atoms with Crippen LogP contribution in [0.3, 0.4) is 0 Å². The molecule has 1 atom stereocenters. The van der Waals surface area contributed by atoms with Crippen molar-refractivity contribution in [3.63, 3.8) is 0 Å². The smallest absolute Gasteiger partial charge is 0.312 e. The number of benzene rings is 2. The van der Waals surface area contributed by atoms with Gasteiger partial charge in [-0.2, -0.15) is 0 Å². The van der Waals surface area contributed by atoms with Crippen molar-refractivity contribution >= 4 is 28.8 Å². The highest BCUT2D eigenvalue weighted by molar-refractivity contribution is 8.15. The molecule has 2 aliphatic rings. The molecule has 0 fully saturated rings. The van der Waals surface area contributed by atoms with Gasteiger partial charge in [0.2, 0.25) is 5.75 Å². The molecule has 1 N–H and O–H groups in total. The molecule has 1 unspecified atom stereocenters. The van der Waals surface area contributed by atoms with Crippen molar-refractivity contribution in [3.05, 3.63) is 75.6 Å². The minimum atomic E-state index is -0.477. The van der Waals surface area contributed by atoms with Gasteiger partial charge in [0.15, 0.2) is 5.37 Å². The number of fused-ring (bicyclic) bond motifs is 1. The maximum Gasteiger partial charge on any atom is 0.312 e. The fourth-order valence-corrected chi connectivity index (χ4v) is 3.97. The van der Waals surface area contributed by atoms with E-state index in [2.05, 4.69) is 23.8 Å². The minimum absolute atomic E-state index is 0.153.